The fraction of sp³-hybridized carbons (Fsp3) is 0.500. The van der Waals surface area contributed by atoms with E-state index in [0.29, 0.717) is 29.6 Å². The van der Waals surface area contributed by atoms with Crippen molar-refractivity contribution < 1.29 is 22.6 Å². The number of alkyl halides is 3. The summed E-state index contributed by atoms with van der Waals surface area (Å²) in [4.78, 5) is 0. The van der Waals surface area contributed by atoms with Gasteiger partial charge in [0.1, 0.15) is 0 Å². The van der Waals surface area contributed by atoms with Crippen LogP contribution >= 0.6 is 11.6 Å². The number of benzene rings is 1. The molecule has 0 spiro atoms. The Balaban J connectivity index is 1.79. The van der Waals surface area contributed by atoms with Crippen LogP contribution in [0.3, 0.4) is 0 Å². The number of hydrogen-bond acceptors (Lipinski definition) is 3. The van der Waals surface area contributed by atoms with Gasteiger partial charge in [-0.3, -0.25) is 0 Å². The third-order valence-electron chi connectivity index (χ3n) is 2.63. The molecule has 1 aromatic rings. The average molecular weight is 296 g/mol. The van der Waals surface area contributed by atoms with Crippen LogP contribution in [0.4, 0.5) is 13.2 Å². The van der Waals surface area contributed by atoms with E-state index in [1.54, 1.807) is 12.1 Å². The Hall–Kier alpha value is -1.14. The zero-order valence-corrected chi connectivity index (χ0v) is 10.8. The van der Waals surface area contributed by atoms with Crippen molar-refractivity contribution in [2.24, 2.45) is 0 Å². The number of hydrogen-bond donors (Lipinski definition) is 1. The van der Waals surface area contributed by atoms with Gasteiger partial charge in [-0.05, 0) is 30.7 Å². The van der Waals surface area contributed by atoms with Crippen molar-refractivity contribution in [3.05, 3.63) is 22.7 Å². The molecule has 1 aromatic carbocycles. The molecule has 0 atom stereocenters. The predicted molar refractivity (Wildman–Crippen MR) is 64.6 cm³/mol. The van der Waals surface area contributed by atoms with E-state index in [4.69, 9.17) is 21.1 Å². The molecule has 2 rings (SSSR count). The molecule has 106 valence electrons. The topological polar surface area (TPSA) is 30.5 Å². The Labute approximate surface area is 113 Å². The van der Waals surface area contributed by atoms with Crippen molar-refractivity contribution in [3.63, 3.8) is 0 Å². The minimum absolute atomic E-state index is 0.0573. The normalized spacial score (nSPS) is 13.9. The SMILES string of the molecule is FC(F)(F)CCCNCc1cc(Cl)c2c(c1)OCO2. The van der Waals surface area contributed by atoms with Crippen molar-refractivity contribution in [2.75, 3.05) is 13.3 Å². The molecule has 19 heavy (non-hydrogen) atoms. The lowest BCUT2D eigenvalue weighted by Crippen LogP contribution is -2.17. The average Bonchev–Trinajstić information content (AvgIpc) is 2.75. The molecule has 0 aromatic heterocycles. The number of rotatable bonds is 5. The number of nitrogens with one attached hydrogen (secondary N) is 1. The molecule has 0 saturated heterocycles. The van der Waals surface area contributed by atoms with Gasteiger partial charge in [-0.25, -0.2) is 0 Å². The second-order valence-corrected chi connectivity index (χ2v) is 4.61. The molecule has 0 bridgehead atoms. The van der Waals surface area contributed by atoms with E-state index in [1.807, 2.05) is 0 Å². The first-order valence-electron chi connectivity index (χ1n) is 5.81. The highest BCUT2D eigenvalue weighted by Gasteiger charge is 2.25. The first kappa shape index (κ1) is 14.3. The number of ether oxygens (including phenoxy) is 2. The van der Waals surface area contributed by atoms with Crippen LogP contribution in [0.15, 0.2) is 12.1 Å². The van der Waals surface area contributed by atoms with Crippen LogP contribution in [0.5, 0.6) is 11.5 Å². The smallest absolute Gasteiger partial charge is 0.389 e. The van der Waals surface area contributed by atoms with Gasteiger partial charge in [0.05, 0.1) is 5.02 Å². The third-order valence-corrected chi connectivity index (χ3v) is 2.91. The molecular weight excluding hydrogens is 283 g/mol. The number of halogens is 4. The van der Waals surface area contributed by atoms with Crippen molar-refractivity contribution >= 4 is 11.6 Å². The van der Waals surface area contributed by atoms with E-state index < -0.39 is 12.6 Å². The zero-order valence-electron chi connectivity index (χ0n) is 10.0. The summed E-state index contributed by atoms with van der Waals surface area (Å²) in [5.41, 5.74) is 0.848. The molecular formula is C12H13ClF3NO2. The Morgan fingerprint density at radius 1 is 1.26 bits per heavy atom. The molecule has 7 heteroatoms. The highest BCUT2D eigenvalue weighted by molar-refractivity contribution is 6.32. The fourth-order valence-corrected chi connectivity index (χ4v) is 2.06. The summed E-state index contributed by atoms with van der Waals surface area (Å²) in [6.45, 7) is 0.872. The van der Waals surface area contributed by atoms with Gasteiger partial charge in [0.25, 0.3) is 0 Å². The maximum atomic E-state index is 11.9. The van der Waals surface area contributed by atoms with Crippen LogP contribution in [0.1, 0.15) is 18.4 Å². The molecule has 0 aliphatic carbocycles. The summed E-state index contributed by atoms with van der Waals surface area (Å²) in [6.07, 6.45) is -4.81. The molecule has 1 heterocycles. The summed E-state index contributed by atoms with van der Waals surface area (Å²) < 4.78 is 46.2. The lowest BCUT2D eigenvalue weighted by Gasteiger charge is -2.08. The van der Waals surface area contributed by atoms with Gasteiger partial charge in [-0.2, -0.15) is 13.2 Å². The Kier molecular flexibility index (Phi) is 4.42. The highest BCUT2D eigenvalue weighted by atomic mass is 35.5. The van der Waals surface area contributed by atoms with Crippen LogP contribution in [0.2, 0.25) is 5.02 Å². The van der Waals surface area contributed by atoms with Crippen molar-refractivity contribution in [1.29, 1.82) is 0 Å². The van der Waals surface area contributed by atoms with Crippen molar-refractivity contribution in [3.8, 4) is 11.5 Å². The second kappa shape index (κ2) is 5.88. The van der Waals surface area contributed by atoms with E-state index in [2.05, 4.69) is 5.32 Å². The second-order valence-electron chi connectivity index (χ2n) is 4.21. The third kappa shape index (κ3) is 4.18. The van der Waals surface area contributed by atoms with Crippen LogP contribution in [-0.2, 0) is 6.54 Å². The first-order valence-corrected chi connectivity index (χ1v) is 6.19. The lowest BCUT2D eigenvalue weighted by atomic mass is 10.2. The van der Waals surface area contributed by atoms with Crippen molar-refractivity contribution in [2.45, 2.75) is 25.6 Å². The van der Waals surface area contributed by atoms with E-state index in [9.17, 15) is 13.2 Å². The predicted octanol–water partition coefficient (Wildman–Crippen LogP) is 3.50. The van der Waals surface area contributed by atoms with Crippen LogP contribution in [0, 0.1) is 0 Å². The minimum Gasteiger partial charge on any atom is -0.454 e. The molecule has 0 saturated carbocycles. The summed E-state index contributed by atoms with van der Waals surface area (Å²) in [5, 5.41) is 3.38. The standard InChI is InChI=1S/C12H13ClF3NO2/c13-9-4-8(5-10-11(9)19-7-18-10)6-17-3-1-2-12(14,15)16/h4-5,17H,1-3,6-7H2. The molecule has 1 aliphatic heterocycles. The van der Waals surface area contributed by atoms with Gasteiger partial charge >= 0.3 is 6.18 Å². The largest absolute Gasteiger partial charge is 0.454 e. The van der Waals surface area contributed by atoms with Gasteiger partial charge in [-0.1, -0.05) is 11.6 Å². The Morgan fingerprint density at radius 2 is 2.05 bits per heavy atom. The van der Waals surface area contributed by atoms with Crippen LogP contribution < -0.4 is 14.8 Å². The monoisotopic (exact) mass is 295 g/mol. The number of fused-ring (bicyclic) bond motifs is 1. The molecule has 0 fully saturated rings. The lowest BCUT2D eigenvalue weighted by molar-refractivity contribution is -0.135. The Bertz CT molecular complexity index is 451. The van der Waals surface area contributed by atoms with Gasteiger partial charge in [0.15, 0.2) is 11.5 Å². The highest BCUT2D eigenvalue weighted by Crippen LogP contribution is 2.39. The molecule has 1 N–H and O–H groups in total. The van der Waals surface area contributed by atoms with E-state index in [-0.39, 0.29) is 13.2 Å². The van der Waals surface area contributed by atoms with Gasteiger partial charge < -0.3 is 14.8 Å². The first-order chi connectivity index (χ1) is 8.96. The maximum Gasteiger partial charge on any atom is 0.389 e. The van der Waals surface area contributed by atoms with E-state index in [0.717, 1.165) is 5.56 Å². The van der Waals surface area contributed by atoms with Gasteiger partial charge in [-0.15, -0.1) is 0 Å². The van der Waals surface area contributed by atoms with E-state index >= 15 is 0 Å². The molecule has 3 nitrogen and oxygen atoms in total. The van der Waals surface area contributed by atoms with E-state index in [1.165, 1.54) is 0 Å². The molecule has 0 radical (unpaired) electrons. The summed E-state index contributed by atoms with van der Waals surface area (Å²) in [6, 6.07) is 3.48. The Morgan fingerprint density at radius 3 is 2.79 bits per heavy atom. The fourth-order valence-electron chi connectivity index (χ4n) is 1.77. The summed E-state index contributed by atoms with van der Waals surface area (Å²) >= 11 is 5.99. The van der Waals surface area contributed by atoms with Crippen molar-refractivity contribution in [1.82, 2.24) is 5.32 Å². The van der Waals surface area contributed by atoms with Crippen LogP contribution in [-0.4, -0.2) is 19.5 Å². The minimum atomic E-state index is -4.09. The maximum absolute atomic E-state index is 11.9. The van der Waals surface area contributed by atoms with Crippen LogP contribution in [0.25, 0.3) is 0 Å². The molecule has 0 unspecified atom stereocenters. The summed E-state index contributed by atoms with van der Waals surface area (Å²) in [5.74, 6) is 1.09. The molecule has 1 aliphatic rings. The zero-order chi connectivity index (χ0) is 13.9. The quantitative estimate of drug-likeness (QED) is 0.843. The molecule has 0 amide bonds. The van der Waals surface area contributed by atoms with Gasteiger partial charge in [0, 0.05) is 13.0 Å². The van der Waals surface area contributed by atoms with Gasteiger partial charge in [0.2, 0.25) is 6.79 Å². The summed E-state index contributed by atoms with van der Waals surface area (Å²) in [7, 11) is 0.